The minimum absolute atomic E-state index is 0.0638. The highest BCUT2D eigenvalue weighted by molar-refractivity contribution is 7.98. The predicted octanol–water partition coefficient (Wildman–Crippen LogP) is 6.35. The van der Waals surface area contributed by atoms with E-state index >= 15 is 0 Å². The standard InChI is InChI=1S/C24H19F3N2O2S2/c1-32-19-12-8-16(9-13-19)21-22(17-10-14-20(15-11-17)33(2,30)31)29(18-6-4-3-5-7-18)28-23(21)24(25,26)27/h3-15H,1-2H3. The summed E-state index contributed by atoms with van der Waals surface area (Å²) in [6.45, 7) is 0. The Morgan fingerprint density at radius 3 is 1.94 bits per heavy atom. The molecule has 4 rings (SSSR count). The summed E-state index contributed by atoms with van der Waals surface area (Å²) in [5, 5.41) is 3.99. The normalized spacial score (nSPS) is 12.2. The number of hydrogen-bond acceptors (Lipinski definition) is 4. The fourth-order valence-corrected chi connectivity index (χ4v) is 4.57. The van der Waals surface area contributed by atoms with Gasteiger partial charge in [0.1, 0.15) is 0 Å². The molecule has 4 aromatic rings. The SMILES string of the molecule is CSc1ccc(-c2c(C(F)(F)F)nn(-c3ccccc3)c2-c2ccc(S(C)(=O)=O)cc2)cc1. The summed E-state index contributed by atoms with van der Waals surface area (Å²) in [5.74, 6) is 0. The molecule has 0 saturated carbocycles. The lowest BCUT2D eigenvalue weighted by Gasteiger charge is -2.12. The van der Waals surface area contributed by atoms with Crippen LogP contribution in [-0.2, 0) is 16.0 Å². The van der Waals surface area contributed by atoms with Crippen molar-refractivity contribution in [1.29, 1.82) is 0 Å². The lowest BCUT2D eigenvalue weighted by atomic mass is 9.98. The number of alkyl halides is 3. The number of para-hydroxylation sites is 1. The zero-order valence-electron chi connectivity index (χ0n) is 17.7. The average Bonchev–Trinajstić information content (AvgIpc) is 3.20. The van der Waals surface area contributed by atoms with E-state index in [1.165, 1.54) is 40.7 Å². The lowest BCUT2D eigenvalue weighted by molar-refractivity contribution is -0.140. The van der Waals surface area contributed by atoms with Crippen LogP contribution in [-0.4, -0.2) is 30.7 Å². The summed E-state index contributed by atoms with van der Waals surface area (Å²) in [4.78, 5) is 1.00. The molecular weight excluding hydrogens is 469 g/mol. The van der Waals surface area contributed by atoms with Crippen LogP contribution < -0.4 is 0 Å². The minimum atomic E-state index is -4.70. The van der Waals surface area contributed by atoms with Crippen molar-refractivity contribution in [2.45, 2.75) is 16.0 Å². The maximum Gasteiger partial charge on any atom is 0.435 e. The van der Waals surface area contributed by atoms with E-state index in [2.05, 4.69) is 5.10 Å². The molecule has 0 aliphatic rings. The topological polar surface area (TPSA) is 52.0 Å². The van der Waals surface area contributed by atoms with E-state index in [1.807, 2.05) is 6.26 Å². The molecule has 3 aromatic carbocycles. The summed E-state index contributed by atoms with van der Waals surface area (Å²) in [5.41, 5.74) is 0.391. The van der Waals surface area contributed by atoms with Crippen LogP contribution in [0, 0.1) is 0 Å². The molecule has 170 valence electrons. The monoisotopic (exact) mass is 488 g/mol. The number of rotatable bonds is 5. The van der Waals surface area contributed by atoms with E-state index in [0.717, 1.165) is 11.2 Å². The number of benzene rings is 3. The van der Waals surface area contributed by atoms with Crippen molar-refractivity contribution >= 4 is 21.6 Å². The van der Waals surface area contributed by atoms with Crippen LogP contribution in [0.1, 0.15) is 5.69 Å². The smallest absolute Gasteiger partial charge is 0.232 e. The molecule has 0 radical (unpaired) electrons. The number of halogens is 3. The maximum absolute atomic E-state index is 14.2. The molecule has 0 atom stereocenters. The fourth-order valence-electron chi connectivity index (χ4n) is 3.53. The van der Waals surface area contributed by atoms with Crippen molar-refractivity contribution in [3.8, 4) is 28.1 Å². The molecule has 0 bridgehead atoms. The van der Waals surface area contributed by atoms with Gasteiger partial charge >= 0.3 is 6.18 Å². The van der Waals surface area contributed by atoms with Crippen molar-refractivity contribution in [3.05, 3.63) is 84.6 Å². The van der Waals surface area contributed by atoms with E-state index < -0.39 is 21.7 Å². The van der Waals surface area contributed by atoms with Gasteiger partial charge in [-0.25, -0.2) is 13.1 Å². The average molecular weight is 489 g/mol. The van der Waals surface area contributed by atoms with Gasteiger partial charge in [-0.2, -0.15) is 18.3 Å². The highest BCUT2D eigenvalue weighted by Gasteiger charge is 2.40. The molecule has 0 amide bonds. The molecule has 1 aromatic heterocycles. The molecule has 0 fully saturated rings. The highest BCUT2D eigenvalue weighted by Crippen LogP contribution is 2.43. The summed E-state index contributed by atoms with van der Waals surface area (Å²) in [6.07, 6.45) is -1.73. The van der Waals surface area contributed by atoms with E-state index in [0.29, 0.717) is 16.8 Å². The van der Waals surface area contributed by atoms with Crippen LogP contribution in [0.25, 0.3) is 28.1 Å². The Morgan fingerprint density at radius 1 is 0.848 bits per heavy atom. The number of nitrogens with zero attached hydrogens (tertiary/aromatic N) is 2. The number of aromatic nitrogens is 2. The Kier molecular flexibility index (Phi) is 6.11. The van der Waals surface area contributed by atoms with Gasteiger partial charge in [-0.3, -0.25) is 0 Å². The summed E-state index contributed by atoms with van der Waals surface area (Å²) < 4.78 is 67.5. The van der Waals surface area contributed by atoms with Crippen molar-refractivity contribution in [2.75, 3.05) is 12.5 Å². The summed E-state index contributed by atoms with van der Waals surface area (Å²) >= 11 is 1.49. The molecule has 0 spiro atoms. The van der Waals surface area contributed by atoms with Crippen molar-refractivity contribution in [1.82, 2.24) is 9.78 Å². The molecule has 0 unspecified atom stereocenters. The van der Waals surface area contributed by atoms with E-state index in [9.17, 15) is 21.6 Å². The second-order valence-corrected chi connectivity index (χ2v) is 10.2. The first-order valence-electron chi connectivity index (χ1n) is 9.80. The molecule has 0 N–H and O–H groups in total. The predicted molar refractivity (Wildman–Crippen MR) is 124 cm³/mol. The summed E-state index contributed by atoms with van der Waals surface area (Å²) in [7, 11) is -3.46. The fraction of sp³-hybridized carbons (Fsp3) is 0.125. The molecule has 0 aliphatic heterocycles. The lowest BCUT2D eigenvalue weighted by Crippen LogP contribution is -2.08. The zero-order chi connectivity index (χ0) is 23.8. The second-order valence-electron chi connectivity index (χ2n) is 7.34. The van der Waals surface area contributed by atoms with Crippen LogP contribution >= 0.6 is 11.8 Å². The van der Waals surface area contributed by atoms with Gasteiger partial charge in [-0.15, -0.1) is 11.8 Å². The van der Waals surface area contributed by atoms with Crippen molar-refractivity contribution in [2.24, 2.45) is 0 Å². The van der Waals surface area contributed by atoms with Crippen LogP contribution in [0.15, 0.2) is 88.7 Å². The number of thioether (sulfide) groups is 1. The third-order valence-corrected chi connectivity index (χ3v) is 6.96. The first-order chi connectivity index (χ1) is 15.6. The Morgan fingerprint density at radius 2 is 1.42 bits per heavy atom. The first kappa shape index (κ1) is 23.1. The van der Waals surface area contributed by atoms with Crippen LogP contribution in [0.2, 0.25) is 0 Å². The van der Waals surface area contributed by atoms with Crippen LogP contribution in [0.3, 0.4) is 0 Å². The largest absolute Gasteiger partial charge is 0.435 e. The Bertz CT molecular complexity index is 1380. The third kappa shape index (κ3) is 4.69. The molecule has 4 nitrogen and oxygen atoms in total. The maximum atomic E-state index is 14.2. The van der Waals surface area contributed by atoms with Gasteiger partial charge in [-0.1, -0.05) is 42.5 Å². The van der Waals surface area contributed by atoms with E-state index in [1.54, 1.807) is 54.6 Å². The Hall–Kier alpha value is -3.04. The van der Waals surface area contributed by atoms with Gasteiger partial charge < -0.3 is 0 Å². The molecular formula is C24H19F3N2O2S2. The molecule has 9 heteroatoms. The Labute approximate surface area is 194 Å². The zero-order valence-corrected chi connectivity index (χ0v) is 19.3. The highest BCUT2D eigenvalue weighted by atomic mass is 32.2. The van der Waals surface area contributed by atoms with Gasteiger partial charge in [0.05, 0.1) is 16.3 Å². The van der Waals surface area contributed by atoms with Gasteiger partial charge in [0.25, 0.3) is 0 Å². The minimum Gasteiger partial charge on any atom is -0.232 e. The summed E-state index contributed by atoms with van der Waals surface area (Å²) in [6, 6.07) is 21.1. The number of sulfone groups is 1. The van der Waals surface area contributed by atoms with Gasteiger partial charge in [0.2, 0.25) is 0 Å². The van der Waals surface area contributed by atoms with Crippen molar-refractivity contribution in [3.63, 3.8) is 0 Å². The second kappa shape index (κ2) is 8.72. The molecule has 33 heavy (non-hydrogen) atoms. The van der Waals surface area contributed by atoms with Gasteiger partial charge in [-0.05, 0) is 48.2 Å². The third-order valence-electron chi connectivity index (χ3n) is 5.09. The van der Waals surface area contributed by atoms with E-state index in [-0.39, 0.29) is 16.2 Å². The quantitative estimate of drug-likeness (QED) is 0.307. The first-order valence-corrected chi connectivity index (χ1v) is 12.9. The van der Waals surface area contributed by atoms with Crippen LogP contribution in [0.4, 0.5) is 13.2 Å². The number of hydrogen-bond donors (Lipinski definition) is 0. The molecule has 0 saturated heterocycles. The molecule has 1 heterocycles. The van der Waals surface area contributed by atoms with Crippen molar-refractivity contribution < 1.29 is 21.6 Å². The molecule has 0 aliphatic carbocycles. The van der Waals surface area contributed by atoms with Gasteiger partial charge in [0, 0.05) is 22.3 Å². The Balaban J connectivity index is 2.05. The van der Waals surface area contributed by atoms with Gasteiger partial charge in [0.15, 0.2) is 15.5 Å². The van der Waals surface area contributed by atoms with E-state index in [4.69, 9.17) is 0 Å². The van der Waals surface area contributed by atoms with Crippen LogP contribution in [0.5, 0.6) is 0 Å².